The summed E-state index contributed by atoms with van der Waals surface area (Å²) in [5.74, 6) is -0.985. The highest BCUT2D eigenvalue weighted by molar-refractivity contribution is 9.10. The largest absolute Gasteiger partial charge is 0.388 e. The molecule has 13 heavy (non-hydrogen) atoms. The van der Waals surface area contributed by atoms with Crippen molar-refractivity contribution in [2.24, 2.45) is 0 Å². The summed E-state index contributed by atoms with van der Waals surface area (Å²) in [6.07, 6.45) is -0.0476. The van der Waals surface area contributed by atoms with E-state index in [1.54, 1.807) is 0 Å². The van der Waals surface area contributed by atoms with Gasteiger partial charge < -0.3 is 5.11 Å². The second-order valence-electron chi connectivity index (χ2n) is 3.10. The van der Waals surface area contributed by atoms with E-state index in [2.05, 4.69) is 15.9 Å². The summed E-state index contributed by atoms with van der Waals surface area (Å²) >= 11 is 2.90. The third kappa shape index (κ3) is 1.28. The van der Waals surface area contributed by atoms with Crippen LogP contribution in [0.5, 0.6) is 0 Å². The lowest BCUT2D eigenvalue weighted by molar-refractivity contribution is 0.175. The van der Waals surface area contributed by atoms with Gasteiger partial charge in [-0.2, -0.15) is 0 Å². The highest BCUT2D eigenvalue weighted by Crippen LogP contribution is 2.37. The fourth-order valence-electron chi connectivity index (χ4n) is 1.68. The maximum atomic E-state index is 13.4. The van der Waals surface area contributed by atoms with Crippen molar-refractivity contribution in [3.8, 4) is 0 Å². The third-order valence-corrected chi connectivity index (χ3v) is 2.89. The Balaban J connectivity index is 2.70. The molecule has 1 atom stereocenters. The lowest BCUT2D eigenvalue weighted by Crippen LogP contribution is -1.98. The molecule has 1 aliphatic rings. The molecule has 0 bridgehead atoms. The Labute approximate surface area is 82.5 Å². The van der Waals surface area contributed by atoms with Gasteiger partial charge in [0.05, 0.1) is 10.6 Å². The maximum absolute atomic E-state index is 13.4. The Morgan fingerprint density at radius 2 is 2.15 bits per heavy atom. The molecule has 0 amide bonds. The molecule has 0 fully saturated rings. The number of fused-ring (bicyclic) bond motifs is 1. The van der Waals surface area contributed by atoms with E-state index in [0.29, 0.717) is 18.4 Å². The van der Waals surface area contributed by atoms with Crippen molar-refractivity contribution < 1.29 is 13.9 Å². The molecule has 0 aromatic heterocycles. The summed E-state index contributed by atoms with van der Waals surface area (Å²) in [6.45, 7) is 0. The van der Waals surface area contributed by atoms with Gasteiger partial charge in [-0.1, -0.05) is 0 Å². The van der Waals surface area contributed by atoms with Gasteiger partial charge >= 0.3 is 0 Å². The van der Waals surface area contributed by atoms with Crippen molar-refractivity contribution >= 4 is 15.9 Å². The summed E-state index contributed by atoms with van der Waals surface area (Å²) in [6, 6.07) is 1.10. The fraction of sp³-hybridized carbons (Fsp3) is 0.333. The maximum Gasteiger partial charge on any atom is 0.143 e. The molecule has 0 aliphatic heterocycles. The zero-order valence-electron chi connectivity index (χ0n) is 6.65. The standard InChI is InChI=1S/C9H7BrF2O/c10-5-3-6(11)4-1-2-7(13)8(4)9(5)12/h3,7,13H,1-2H2/t7-/m0/s1. The number of aliphatic hydroxyl groups is 1. The lowest BCUT2D eigenvalue weighted by Gasteiger charge is -2.07. The Morgan fingerprint density at radius 1 is 1.46 bits per heavy atom. The molecule has 1 N–H and O–H groups in total. The molecule has 4 heteroatoms. The summed E-state index contributed by atoms with van der Waals surface area (Å²) in [5, 5.41) is 9.38. The zero-order chi connectivity index (χ0) is 9.59. The normalized spacial score (nSPS) is 20.5. The molecule has 70 valence electrons. The third-order valence-electron chi connectivity index (χ3n) is 2.31. The molecular weight excluding hydrogens is 242 g/mol. The van der Waals surface area contributed by atoms with Crippen LogP contribution in [-0.4, -0.2) is 5.11 Å². The smallest absolute Gasteiger partial charge is 0.143 e. The van der Waals surface area contributed by atoms with Crippen LogP contribution in [0, 0.1) is 11.6 Å². The first-order chi connectivity index (χ1) is 6.11. The van der Waals surface area contributed by atoms with E-state index in [4.69, 9.17) is 0 Å². The van der Waals surface area contributed by atoms with Crippen molar-refractivity contribution in [1.29, 1.82) is 0 Å². The minimum atomic E-state index is -0.859. The van der Waals surface area contributed by atoms with E-state index in [9.17, 15) is 13.9 Å². The Bertz CT molecular complexity index is 365. The molecule has 0 spiro atoms. The van der Waals surface area contributed by atoms with Gasteiger partial charge in [0.25, 0.3) is 0 Å². The summed E-state index contributed by atoms with van der Waals surface area (Å²) in [7, 11) is 0. The SMILES string of the molecule is O[C@H]1CCc2c(F)cc(Br)c(F)c21. The molecule has 1 aliphatic carbocycles. The van der Waals surface area contributed by atoms with Crippen molar-refractivity contribution in [3.63, 3.8) is 0 Å². The highest BCUT2D eigenvalue weighted by Gasteiger charge is 2.28. The Kier molecular flexibility index (Phi) is 2.12. The van der Waals surface area contributed by atoms with Crippen LogP contribution < -0.4 is 0 Å². The molecule has 0 saturated carbocycles. The van der Waals surface area contributed by atoms with Crippen LogP contribution in [0.4, 0.5) is 8.78 Å². The van der Waals surface area contributed by atoms with E-state index < -0.39 is 17.7 Å². The Morgan fingerprint density at radius 3 is 2.85 bits per heavy atom. The van der Waals surface area contributed by atoms with E-state index in [0.717, 1.165) is 6.07 Å². The molecule has 0 radical (unpaired) electrons. The number of rotatable bonds is 0. The molecule has 0 saturated heterocycles. The van der Waals surface area contributed by atoms with Crippen molar-refractivity contribution in [1.82, 2.24) is 0 Å². The number of hydrogen-bond acceptors (Lipinski definition) is 1. The number of halogens is 3. The molecule has 2 rings (SSSR count). The molecule has 0 heterocycles. The van der Waals surface area contributed by atoms with E-state index in [-0.39, 0.29) is 10.0 Å². The molecular formula is C9H7BrF2O. The van der Waals surface area contributed by atoms with Gasteiger partial charge in [0.15, 0.2) is 0 Å². The second-order valence-corrected chi connectivity index (χ2v) is 3.96. The predicted octanol–water partition coefficient (Wildman–Crippen LogP) is 2.71. The zero-order valence-corrected chi connectivity index (χ0v) is 8.24. The van der Waals surface area contributed by atoms with Crippen LogP contribution in [0.3, 0.4) is 0 Å². The van der Waals surface area contributed by atoms with E-state index in [1.165, 1.54) is 0 Å². The topological polar surface area (TPSA) is 20.2 Å². The average Bonchev–Trinajstić information content (AvgIpc) is 2.44. The van der Waals surface area contributed by atoms with E-state index >= 15 is 0 Å². The molecule has 1 aromatic rings. The molecule has 1 nitrogen and oxygen atoms in total. The fourth-order valence-corrected chi connectivity index (χ4v) is 2.09. The van der Waals surface area contributed by atoms with E-state index in [1.807, 2.05) is 0 Å². The first-order valence-electron chi connectivity index (χ1n) is 3.95. The summed E-state index contributed by atoms with van der Waals surface area (Å²) in [5.41, 5.74) is 0.431. The van der Waals surface area contributed by atoms with Gasteiger partial charge in [0.1, 0.15) is 11.6 Å². The van der Waals surface area contributed by atoms with Crippen LogP contribution in [0.1, 0.15) is 23.7 Å². The number of benzene rings is 1. The second kappa shape index (κ2) is 3.03. The monoisotopic (exact) mass is 248 g/mol. The van der Waals surface area contributed by atoms with Gasteiger partial charge in [-0.3, -0.25) is 0 Å². The molecule has 1 aromatic carbocycles. The van der Waals surface area contributed by atoms with Crippen LogP contribution in [0.25, 0.3) is 0 Å². The predicted molar refractivity (Wildman–Crippen MR) is 47.3 cm³/mol. The summed E-state index contributed by atoms with van der Waals surface area (Å²) < 4.78 is 26.6. The number of hydrogen-bond donors (Lipinski definition) is 1. The van der Waals surface area contributed by atoms with Crippen molar-refractivity contribution in [2.45, 2.75) is 18.9 Å². The first-order valence-corrected chi connectivity index (χ1v) is 4.75. The van der Waals surface area contributed by atoms with Crippen molar-refractivity contribution in [2.75, 3.05) is 0 Å². The van der Waals surface area contributed by atoms with Gasteiger partial charge in [-0.15, -0.1) is 0 Å². The van der Waals surface area contributed by atoms with Gasteiger partial charge in [-0.05, 0) is 40.4 Å². The van der Waals surface area contributed by atoms with Crippen molar-refractivity contribution in [3.05, 3.63) is 33.3 Å². The minimum absolute atomic E-state index is 0.0738. The lowest BCUT2D eigenvalue weighted by atomic mass is 10.1. The minimum Gasteiger partial charge on any atom is -0.388 e. The quantitative estimate of drug-likeness (QED) is 0.701. The molecule has 0 unspecified atom stereocenters. The number of aliphatic hydroxyl groups excluding tert-OH is 1. The Hall–Kier alpha value is -0.480. The van der Waals surface area contributed by atoms with Crippen LogP contribution >= 0.6 is 15.9 Å². The highest BCUT2D eigenvalue weighted by atomic mass is 79.9. The van der Waals surface area contributed by atoms with Gasteiger partial charge in [-0.25, -0.2) is 8.78 Å². The van der Waals surface area contributed by atoms with Crippen LogP contribution in [0.15, 0.2) is 10.5 Å². The first kappa shape index (κ1) is 9.09. The summed E-state index contributed by atoms with van der Waals surface area (Å²) in [4.78, 5) is 0. The van der Waals surface area contributed by atoms with Crippen LogP contribution in [-0.2, 0) is 6.42 Å². The van der Waals surface area contributed by atoms with Crippen LogP contribution in [0.2, 0.25) is 0 Å². The average molecular weight is 249 g/mol. The van der Waals surface area contributed by atoms with Gasteiger partial charge in [0, 0.05) is 5.56 Å². The van der Waals surface area contributed by atoms with Gasteiger partial charge in [0.2, 0.25) is 0 Å².